The third-order valence-electron chi connectivity index (χ3n) is 3.39. The van der Waals surface area contributed by atoms with Crippen molar-refractivity contribution >= 4 is 0 Å². The number of hydrogen-bond donors (Lipinski definition) is 1. The molecule has 0 fully saturated rings. The molecule has 19 heavy (non-hydrogen) atoms. The Morgan fingerprint density at radius 2 is 2.05 bits per heavy atom. The zero-order valence-electron chi connectivity index (χ0n) is 13.4. The minimum atomic E-state index is 0.346. The highest BCUT2D eigenvalue weighted by atomic mass is 15.4. The molecule has 110 valence electrons. The molecule has 0 radical (unpaired) electrons. The fraction of sp³-hybridized carbons (Fsp3) is 0.867. The second-order valence-corrected chi connectivity index (χ2v) is 6.83. The number of rotatable bonds is 7. The lowest BCUT2D eigenvalue weighted by atomic mass is 9.82. The van der Waals surface area contributed by atoms with Gasteiger partial charge in [-0.25, -0.2) is 4.68 Å². The van der Waals surface area contributed by atoms with E-state index in [0.717, 1.165) is 19.4 Å². The monoisotopic (exact) mass is 266 g/mol. The lowest BCUT2D eigenvalue weighted by Crippen LogP contribution is -2.24. The molecule has 1 aromatic rings. The number of hydrogen-bond acceptors (Lipinski definition) is 3. The van der Waals surface area contributed by atoms with Crippen LogP contribution in [0.2, 0.25) is 0 Å². The quantitative estimate of drug-likeness (QED) is 0.822. The molecule has 1 heterocycles. The maximum atomic E-state index is 4.18. The standard InChI is InChI=1S/C15H30N4/c1-7-8-19-14(11-17-18-19)13(16-6)9-12(2)10-15(3,4)5/h11-13,16H,7-10H2,1-6H3. The first-order chi connectivity index (χ1) is 8.87. The topological polar surface area (TPSA) is 42.7 Å². The maximum Gasteiger partial charge on any atom is 0.0756 e. The van der Waals surface area contributed by atoms with Gasteiger partial charge in [-0.3, -0.25) is 0 Å². The fourth-order valence-corrected chi connectivity index (χ4v) is 2.84. The normalized spacial score (nSPS) is 15.5. The largest absolute Gasteiger partial charge is 0.312 e. The fourth-order valence-electron chi connectivity index (χ4n) is 2.84. The van der Waals surface area contributed by atoms with E-state index in [2.05, 4.69) is 50.2 Å². The lowest BCUT2D eigenvalue weighted by molar-refractivity contribution is 0.275. The van der Waals surface area contributed by atoms with Crippen LogP contribution in [0.5, 0.6) is 0 Å². The molecule has 0 aromatic carbocycles. The Bertz CT molecular complexity index is 364. The van der Waals surface area contributed by atoms with Gasteiger partial charge in [-0.1, -0.05) is 39.8 Å². The first-order valence-corrected chi connectivity index (χ1v) is 7.43. The molecular formula is C15H30N4. The van der Waals surface area contributed by atoms with E-state index in [1.54, 1.807) is 0 Å². The highest BCUT2D eigenvalue weighted by molar-refractivity contribution is 5.02. The molecule has 4 nitrogen and oxygen atoms in total. The molecule has 0 bridgehead atoms. The van der Waals surface area contributed by atoms with Crippen molar-refractivity contribution in [1.82, 2.24) is 20.3 Å². The van der Waals surface area contributed by atoms with Gasteiger partial charge in [0.1, 0.15) is 0 Å². The Labute approximate surface area is 118 Å². The molecule has 0 aliphatic carbocycles. The van der Waals surface area contributed by atoms with Crippen LogP contribution >= 0.6 is 0 Å². The number of aryl methyl sites for hydroxylation is 1. The highest BCUT2D eigenvalue weighted by Crippen LogP contribution is 2.30. The van der Waals surface area contributed by atoms with Crippen LogP contribution < -0.4 is 5.32 Å². The van der Waals surface area contributed by atoms with Gasteiger partial charge in [0.15, 0.2) is 0 Å². The summed E-state index contributed by atoms with van der Waals surface area (Å²) in [5, 5.41) is 11.7. The predicted molar refractivity (Wildman–Crippen MR) is 80.0 cm³/mol. The van der Waals surface area contributed by atoms with Crippen molar-refractivity contribution in [2.24, 2.45) is 11.3 Å². The SMILES string of the molecule is CCCn1nncc1C(CC(C)CC(C)(C)C)NC. The molecule has 0 aliphatic rings. The molecule has 1 aromatic heterocycles. The van der Waals surface area contributed by atoms with Crippen molar-refractivity contribution in [3.63, 3.8) is 0 Å². The van der Waals surface area contributed by atoms with Gasteiger partial charge in [-0.15, -0.1) is 5.10 Å². The van der Waals surface area contributed by atoms with Crippen molar-refractivity contribution in [3.8, 4) is 0 Å². The van der Waals surface area contributed by atoms with Gasteiger partial charge >= 0.3 is 0 Å². The molecule has 0 saturated heterocycles. The Balaban J connectivity index is 2.69. The van der Waals surface area contributed by atoms with Gasteiger partial charge < -0.3 is 5.32 Å². The average molecular weight is 266 g/mol. The summed E-state index contributed by atoms with van der Waals surface area (Å²) in [7, 11) is 2.03. The van der Waals surface area contributed by atoms with Crippen molar-refractivity contribution < 1.29 is 0 Å². The second kappa shape index (κ2) is 7.04. The summed E-state index contributed by atoms with van der Waals surface area (Å²) in [5.74, 6) is 0.683. The Morgan fingerprint density at radius 1 is 1.37 bits per heavy atom. The van der Waals surface area contributed by atoms with Gasteiger partial charge in [0.25, 0.3) is 0 Å². The van der Waals surface area contributed by atoms with Gasteiger partial charge in [0.2, 0.25) is 0 Å². The van der Waals surface area contributed by atoms with Crippen molar-refractivity contribution in [1.29, 1.82) is 0 Å². The van der Waals surface area contributed by atoms with E-state index in [9.17, 15) is 0 Å². The molecule has 4 heteroatoms. The summed E-state index contributed by atoms with van der Waals surface area (Å²) in [4.78, 5) is 0. The van der Waals surface area contributed by atoms with Crippen molar-refractivity contribution in [2.75, 3.05) is 7.05 Å². The van der Waals surface area contributed by atoms with Crippen LogP contribution in [0.1, 0.15) is 65.6 Å². The summed E-state index contributed by atoms with van der Waals surface area (Å²) in [5.41, 5.74) is 1.60. The highest BCUT2D eigenvalue weighted by Gasteiger charge is 2.21. The van der Waals surface area contributed by atoms with Crippen LogP contribution in [0.15, 0.2) is 6.20 Å². The minimum Gasteiger partial charge on any atom is -0.312 e. The molecule has 1 rings (SSSR count). The minimum absolute atomic E-state index is 0.346. The molecule has 0 saturated carbocycles. The maximum absolute atomic E-state index is 4.18. The van der Waals surface area contributed by atoms with Gasteiger partial charge in [-0.2, -0.15) is 0 Å². The first kappa shape index (κ1) is 16.2. The van der Waals surface area contributed by atoms with Crippen molar-refractivity contribution in [3.05, 3.63) is 11.9 Å². The van der Waals surface area contributed by atoms with Crippen LogP contribution in [0.4, 0.5) is 0 Å². The van der Waals surface area contributed by atoms with E-state index < -0.39 is 0 Å². The number of nitrogens with one attached hydrogen (secondary N) is 1. The molecule has 1 N–H and O–H groups in total. The van der Waals surface area contributed by atoms with E-state index in [1.165, 1.54) is 12.1 Å². The van der Waals surface area contributed by atoms with E-state index in [0.29, 0.717) is 17.4 Å². The summed E-state index contributed by atoms with van der Waals surface area (Å²) >= 11 is 0. The Kier molecular flexibility index (Phi) is 5.98. The summed E-state index contributed by atoms with van der Waals surface area (Å²) in [6.07, 6.45) is 5.36. The Hall–Kier alpha value is -0.900. The predicted octanol–water partition coefficient (Wildman–Crippen LogP) is 3.41. The molecule has 0 amide bonds. The third kappa shape index (κ3) is 5.31. The third-order valence-corrected chi connectivity index (χ3v) is 3.39. The molecular weight excluding hydrogens is 236 g/mol. The molecule has 2 atom stereocenters. The van der Waals surface area contributed by atoms with Gasteiger partial charge in [-0.05, 0) is 37.6 Å². The summed E-state index contributed by atoms with van der Waals surface area (Å²) in [6.45, 7) is 12.4. The molecule has 0 aliphatic heterocycles. The van der Waals surface area contributed by atoms with Crippen molar-refractivity contribution in [2.45, 2.75) is 66.5 Å². The summed E-state index contributed by atoms with van der Waals surface area (Å²) in [6, 6.07) is 0.346. The number of nitrogens with zero attached hydrogens (tertiary/aromatic N) is 3. The average Bonchev–Trinajstić information content (AvgIpc) is 2.72. The lowest BCUT2D eigenvalue weighted by Gasteiger charge is -2.26. The van der Waals surface area contributed by atoms with E-state index in [4.69, 9.17) is 0 Å². The molecule has 0 spiro atoms. The van der Waals surface area contributed by atoms with Crippen LogP contribution in [0.3, 0.4) is 0 Å². The first-order valence-electron chi connectivity index (χ1n) is 7.43. The van der Waals surface area contributed by atoms with E-state index in [-0.39, 0.29) is 0 Å². The smallest absolute Gasteiger partial charge is 0.0756 e. The van der Waals surface area contributed by atoms with Gasteiger partial charge in [0, 0.05) is 6.54 Å². The zero-order valence-corrected chi connectivity index (χ0v) is 13.4. The van der Waals surface area contributed by atoms with E-state index in [1.807, 2.05) is 17.9 Å². The Morgan fingerprint density at radius 3 is 2.58 bits per heavy atom. The zero-order chi connectivity index (χ0) is 14.5. The van der Waals surface area contributed by atoms with Crippen LogP contribution in [-0.2, 0) is 6.54 Å². The van der Waals surface area contributed by atoms with Gasteiger partial charge in [0.05, 0.1) is 17.9 Å². The number of aromatic nitrogens is 3. The van der Waals surface area contributed by atoms with Crippen LogP contribution in [-0.4, -0.2) is 22.0 Å². The van der Waals surface area contributed by atoms with E-state index >= 15 is 0 Å². The summed E-state index contributed by atoms with van der Waals surface area (Å²) < 4.78 is 2.03. The van der Waals surface area contributed by atoms with Crippen LogP contribution in [0, 0.1) is 11.3 Å². The van der Waals surface area contributed by atoms with Crippen LogP contribution in [0.25, 0.3) is 0 Å². The molecule has 2 unspecified atom stereocenters. The second-order valence-electron chi connectivity index (χ2n) is 6.83.